The summed E-state index contributed by atoms with van der Waals surface area (Å²) in [5, 5.41) is 0. The predicted molar refractivity (Wildman–Crippen MR) is 85.7 cm³/mol. The van der Waals surface area contributed by atoms with Gasteiger partial charge in [-0.05, 0) is 24.7 Å². The van der Waals surface area contributed by atoms with Gasteiger partial charge in [-0.15, -0.1) is 0 Å². The summed E-state index contributed by atoms with van der Waals surface area (Å²) in [6.07, 6.45) is -0.762. The SMILES string of the molecule is CN1CCN(C(=O)[C@H]2OCC(=O)N(C)[C@H]2c2ccc(F)cc2)CC1. The fourth-order valence-electron chi connectivity index (χ4n) is 3.18. The minimum atomic E-state index is -0.762. The molecule has 0 unspecified atom stereocenters. The van der Waals surface area contributed by atoms with Gasteiger partial charge in [0.15, 0.2) is 6.10 Å². The van der Waals surface area contributed by atoms with Gasteiger partial charge in [-0.25, -0.2) is 4.39 Å². The Bertz CT molecular complexity index is 614. The van der Waals surface area contributed by atoms with E-state index in [1.54, 1.807) is 24.1 Å². The Morgan fingerprint density at radius 1 is 1.12 bits per heavy atom. The van der Waals surface area contributed by atoms with Crippen LogP contribution in [0.1, 0.15) is 11.6 Å². The van der Waals surface area contributed by atoms with Crippen LogP contribution in [0.25, 0.3) is 0 Å². The Balaban J connectivity index is 1.84. The van der Waals surface area contributed by atoms with Gasteiger partial charge < -0.3 is 19.4 Å². The largest absolute Gasteiger partial charge is 0.356 e. The summed E-state index contributed by atoms with van der Waals surface area (Å²) in [7, 11) is 3.68. The number of hydrogen-bond acceptors (Lipinski definition) is 4. The third kappa shape index (κ3) is 3.27. The van der Waals surface area contributed by atoms with Crippen molar-refractivity contribution in [3.05, 3.63) is 35.6 Å². The maximum absolute atomic E-state index is 13.2. The number of benzene rings is 1. The molecule has 2 amide bonds. The van der Waals surface area contributed by atoms with Crippen LogP contribution < -0.4 is 0 Å². The fraction of sp³-hybridized carbons (Fsp3) is 0.529. The van der Waals surface area contributed by atoms with Crippen LogP contribution in [0.5, 0.6) is 0 Å². The number of piperazine rings is 1. The number of carbonyl (C=O) groups is 2. The maximum Gasteiger partial charge on any atom is 0.254 e. The molecule has 2 aliphatic rings. The van der Waals surface area contributed by atoms with E-state index in [-0.39, 0.29) is 24.2 Å². The maximum atomic E-state index is 13.2. The van der Waals surface area contributed by atoms with E-state index in [4.69, 9.17) is 4.74 Å². The van der Waals surface area contributed by atoms with Gasteiger partial charge in [0.25, 0.3) is 5.91 Å². The Morgan fingerprint density at radius 2 is 1.75 bits per heavy atom. The lowest BCUT2D eigenvalue weighted by atomic mass is 9.97. The van der Waals surface area contributed by atoms with Crippen LogP contribution in [-0.2, 0) is 14.3 Å². The average molecular weight is 335 g/mol. The van der Waals surface area contributed by atoms with E-state index < -0.39 is 12.1 Å². The predicted octanol–water partition coefficient (Wildman–Crippen LogP) is 0.498. The van der Waals surface area contributed by atoms with Crippen LogP contribution in [-0.4, -0.2) is 79.5 Å². The minimum Gasteiger partial charge on any atom is -0.356 e. The van der Waals surface area contributed by atoms with Crippen molar-refractivity contribution in [2.45, 2.75) is 12.1 Å². The van der Waals surface area contributed by atoms with Gasteiger partial charge in [0.2, 0.25) is 5.91 Å². The van der Waals surface area contributed by atoms with E-state index in [9.17, 15) is 14.0 Å². The first-order chi connectivity index (χ1) is 11.5. The quantitative estimate of drug-likeness (QED) is 0.790. The molecule has 0 saturated carbocycles. The fourth-order valence-corrected chi connectivity index (χ4v) is 3.18. The highest BCUT2D eigenvalue weighted by molar-refractivity contribution is 5.86. The summed E-state index contributed by atoms with van der Waals surface area (Å²) in [6, 6.07) is 5.32. The van der Waals surface area contributed by atoms with Crippen LogP contribution in [0.15, 0.2) is 24.3 Å². The van der Waals surface area contributed by atoms with Crippen molar-refractivity contribution in [3.63, 3.8) is 0 Å². The molecule has 24 heavy (non-hydrogen) atoms. The standard InChI is InChI=1S/C17H22FN3O3/c1-19-7-9-21(10-8-19)17(23)16-15(20(2)14(22)11-24-16)12-3-5-13(18)6-4-12/h3-6,15-16H,7-11H2,1-2H3/t15-,16-/m0/s1. The highest BCUT2D eigenvalue weighted by Crippen LogP contribution is 2.30. The van der Waals surface area contributed by atoms with Gasteiger partial charge in [-0.2, -0.15) is 0 Å². The second kappa shape index (κ2) is 6.86. The number of ether oxygens (including phenoxy) is 1. The first-order valence-electron chi connectivity index (χ1n) is 8.07. The number of morpholine rings is 1. The summed E-state index contributed by atoms with van der Waals surface area (Å²) in [5.41, 5.74) is 0.694. The lowest BCUT2D eigenvalue weighted by molar-refractivity contribution is -0.168. The average Bonchev–Trinajstić information content (AvgIpc) is 2.58. The molecular formula is C17H22FN3O3. The van der Waals surface area contributed by atoms with Gasteiger partial charge >= 0.3 is 0 Å². The number of amides is 2. The van der Waals surface area contributed by atoms with E-state index in [0.29, 0.717) is 18.7 Å². The number of hydrogen-bond donors (Lipinski definition) is 0. The lowest BCUT2D eigenvalue weighted by Gasteiger charge is -2.41. The summed E-state index contributed by atoms with van der Waals surface area (Å²) >= 11 is 0. The van der Waals surface area contributed by atoms with Crippen LogP contribution in [0, 0.1) is 5.82 Å². The van der Waals surface area contributed by atoms with Crippen molar-refractivity contribution in [3.8, 4) is 0 Å². The summed E-state index contributed by atoms with van der Waals surface area (Å²) in [5.74, 6) is -0.657. The highest BCUT2D eigenvalue weighted by Gasteiger charge is 2.42. The Hall–Kier alpha value is -1.99. The van der Waals surface area contributed by atoms with Crippen molar-refractivity contribution in [1.29, 1.82) is 0 Å². The Labute approximate surface area is 140 Å². The van der Waals surface area contributed by atoms with Crippen LogP contribution >= 0.6 is 0 Å². The molecule has 130 valence electrons. The number of nitrogens with zero attached hydrogens (tertiary/aromatic N) is 3. The molecule has 0 spiro atoms. The third-order valence-electron chi connectivity index (χ3n) is 4.75. The molecule has 0 aromatic heterocycles. The van der Waals surface area contributed by atoms with Crippen molar-refractivity contribution < 1.29 is 18.7 Å². The number of rotatable bonds is 2. The van der Waals surface area contributed by atoms with Gasteiger partial charge in [0.05, 0.1) is 6.04 Å². The summed E-state index contributed by atoms with van der Waals surface area (Å²) in [4.78, 5) is 30.4. The van der Waals surface area contributed by atoms with Crippen LogP contribution in [0.2, 0.25) is 0 Å². The molecule has 2 fully saturated rings. The molecule has 2 aliphatic heterocycles. The van der Waals surface area contributed by atoms with E-state index in [2.05, 4.69) is 4.90 Å². The molecule has 3 rings (SSSR count). The Kier molecular flexibility index (Phi) is 4.82. The molecule has 6 nitrogen and oxygen atoms in total. The zero-order chi connectivity index (χ0) is 17.3. The summed E-state index contributed by atoms with van der Waals surface area (Å²) < 4.78 is 18.8. The Morgan fingerprint density at radius 3 is 2.38 bits per heavy atom. The second-order valence-corrected chi connectivity index (χ2v) is 6.36. The molecule has 2 atom stereocenters. The van der Waals surface area contributed by atoms with Crippen molar-refractivity contribution in [1.82, 2.24) is 14.7 Å². The van der Waals surface area contributed by atoms with E-state index >= 15 is 0 Å². The summed E-state index contributed by atoms with van der Waals surface area (Å²) in [6.45, 7) is 2.80. The van der Waals surface area contributed by atoms with Gasteiger partial charge in [-0.3, -0.25) is 9.59 Å². The molecule has 0 bridgehead atoms. The normalized spacial score (nSPS) is 25.9. The minimum absolute atomic E-state index is 0.113. The van der Waals surface area contributed by atoms with E-state index in [1.807, 2.05) is 7.05 Å². The third-order valence-corrected chi connectivity index (χ3v) is 4.75. The van der Waals surface area contributed by atoms with E-state index in [1.165, 1.54) is 17.0 Å². The molecule has 7 heteroatoms. The molecule has 1 aromatic rings. The van der Waals surface area contributed by atoms with Crippen LogP contribution in [0.4, 0.5) is 4.39 Å². The monoisotopic (exact) mass is 335 g/mol. The molecule has 2 heterocycles. The van der Waals surface area contributed by atoms with Gasteiger partial charge in [-0.1, -0.05) is 12.1 Å². The molecule has 0 aliphatic carbocycles. The lowest BCUT2D eigenvalue weighted by Crippen LogP contribution is -2.56. The van der Waals surface area contributed by atoms with Crippen molar-refractivity contribution >= 4 is 11.8 Å². The van der Waals surface area contributed by atoms with Gasteiger partial charge in [0, 0.05) is 33.2 Å². The number of carbonyl (C=O) groups excluding carboxylic acids is 2. The molecule has 2 saturated heterocycles. The van der Waals surface area contributed by atoms with Crippen molar-refractivity contribution in [2.24, 2.45) is 0 Å². The van der Waals surface area contributed by atoms with Gasteiger partial charge in [0.1, 0.15) is 12.4 Å². The first-order valence-corrected chi connectivity index (χ1v) is 8.07. The zero-order valence-electron chi connectivity index (χ0n) is 13.9. The van der Waals surface area contributed by atoms with Crippen molar-refractivity contribution in [2.75, 3.05) is 46.9 Å². The number of halogens is 1. The van der Waals surface area contributed by atoms with Crippen LogP contribution in [0.3, 0.4) is 0 Å². The first kappa shape index (κ1) is 16.9. The smallest absolute Gasteiger partial charge is 0.254 e. The highest BCUT2D eigenvalue weighted by atomic mass is 19.1. The molecule has 0 radical (unpaired) electrons. The molecular weight excluding hydrogens is 313 g/mol. The topological polar surface area (TPSA) is 53.1 Å². The van der Waals surface area contributed by atoms with E-state index in [0.717, 1.165) is 13.1 Å². The second-order valence-electron chi connectivity index (χ2n) is 6.36. The zero-order valence-corrected chi connectivity index (χ0v) is 13.9. The molecule has 0 N–H and O–H groups in total. The molecule has 1 aromatic carbocycles. The number of likely N-dealkylation sites (N-methyl/N-ethyl adjacent to an activating group) is 2.